The van der Waals surface area contributed by atoms with Crippen molar-refractivity contribution in [3.8, 4) is 16.9 Å². The van der Waals surface area contributed by atoms with E-state index < -0.39 is 70.5 Å². The van der Waals surface area contributed by atoms with E-state index in [9.17, 15) is 34.4 Å². The summed E-state index contributed by atoms with van der Waals surface area (Å²) in [4.78, 5) is 70.4. The Morgan fingerprint density at radius 2 is 1.91 bits per heavy atom. The molecule has 0 aliphatic carbocycles. The van der Waals surface area contributed by atoms with E-state index in [1.54, 1.807) is 64.2 Å². The second kappa shape index (κ2) is 21.9. The van der Waals surface area contributed by atoms with Gasteiger partial charge in [-0.3, -0.25) is 29.8 Å². The van der Waals surface area contributed by atoms with Crippen molar-refractivity contribution in [3.63, 3.8) is 0 Å². The Bertz CT molecular complexity index is 2510. The van der Waals surface area contributed by atoms with Crippen LogP contribution in [-0.2, 0) is 39.8 Å². The molecule has 4 bridgehead atoms. The molecule has 3 amide bonds. The number of fused-ring (bicyclic) bond motifs is 5. The van der Waals surface area contributed by atoms with Gasteiger partial charge < -0.3 is 39.0 Å². The lowest BCUT2D eigenvalue weighted by Crippen LogP contribution is -2.63. The van der Waals surface area contributed by atoms with Gasteiger partial charge in [-0.15, -0.1) is 0 Å². The van der Waals surface area contributed by atoms with Gasteiger partial charge >= 0.3 is 12.1 Å². The molecule has 2 saturated heterocycles. The van der Waals surface area contributed by atoms with E-state index >= 15 is 0 Å². The van der Waals surface area contributed by atoms with Crippen LogP contribution in [0.25, 0.3) is 11.1 Å². The number of rotatable bonds is 13. The number of carbonyl (C=O) groups excluding carboxylic acids is 4. The molecule has 3 aliphatic heterocycles. The van der Waals surface area contributed by atoms with E-state index in [1.165, 1.54) is 53.0 Å². The summed E-state index contributed by atoms with van der Waals surface area (Å²) < 4.78 is 29.4. The molecule has 20 heteroatoms. The van der Waals surface area contributed by atoms with Gasteiger partial charge in [0.2, 0.25) is 11.8 Å². The molecule has 0 unspecified atom stereocenters. The number of carbonyl (C=O) groups is 4. The zero-order valence-corrected chi connectivity index (χ0v) is 42.7. The lowest BCUT2D eigenvalue weighted by molar-refractivity contribution is -0.385. The molecule has 1 aromatic heterocycles. The summed E-state index contributed by atoms with van der Waals surface area (Å²) in [6, 6.07) is 11.9. The van der Waals surface area contributed by atoms with Crippen molar-refractivity contribution < 1.29 is 52.9 Å². The Kier molecular flexibility index (Phi) is 16.8. The number of methoxy groups -OCH3 is 2. The second-order valence-electron chi connectivity index (χ2n) is 18.7. The number of anilines is 2. The van der Waals surface area contributed by atoms with Gasteiger partial charge in [-0.25, -0.2) is 9.78 Å². The summed E-state index contributed by atoms with van der Waals surface area (Å²) in [6.45, 7) is 12.9. The average molecular weight is 1010 g/mol. The molecule has 3 aliphatic rings. The first kappa shape index (κ1) is 53.2. The van der Waals surface area contributed by atoms with E-state index in [-0.39, 0.29) is 40.6 Å². The number of halogens is 1. The van der Waals surface area contributed by atoms with Crippen molar-refractivity contribution in [1.82, 2.24) is 10.3 Å². The number of aromatic nitrogens is 1. The van der Waals surface area contributed by atoms with E-state index in [2.05, 4.69) is 15.6 Å². The number of benzene rings is 2. The molecule has 0 spiro atoms. The molecule has 69 heavy (non-hydrogen) atoms. The van der Waals surface area contributed by atoms with Crippen molar-refractivity contribution in [1.29, 1.82) is 0 Å². The van der Waals surface area contributed by atoms with E-state index in [0.29, 0.717) is 46.1 Å². The summed E-state index contributed by atoms with van der Waals surface area (Å²) in [5.41, 5.74) is 0.580. The number of hydrogen-bond acceptors (Lipinski definition) is 15. The summed E-state index contributed by atoms with van der Waals surface area (Å²) in [5.74, 6) is -1.78. The number of hydrogen-bond donors (Lipinski definition) is 3. The standard InChI is InChI=1S/C49H60ClN5O12S2/c1-27(2)45(58)66-39-24-42(57)54(8)35-21-30(20-28(3)12-11-13-38(64-10)49(60)25-37(65-46(59)53-49)29(4)44-48(39,7)67-44)22-36(63-9)43(35)31-14-16-34(33(50)23-31)52-40(56)18-19-47(5,6)69-68-41-17-15-32(26-51-41)55(61)62/h11-17,21-23,26-27,29,37-39,44,60H,18-20,24-25H2,1-10H3,(H,52,56)(H,53,59)/b13-11+,28-12+/t29-,37+,38-,39+,44+,48+,49+/m1/s1. The minimum Gasteiger partial charge on any atom is -0.496 e. The Labute approximate surface area is 415 Å². The maximum Gasteiger partial charge on any atom is 0.409 e. The van der Waals surface area contributed by atoms with Crippen LogP contribution in [0.3, 0.4) is 0 Å². The third-order valence-electron chi connectivity index (χ3n) is 12.5. The maximum absolute atomic E-state index is 14.7. The zero-order chi connectivity index (χ0) is 50.6. The molecule has 0 radical (unpaired) electrons. The van der Waals surface area contributed by atoms with Crippen molar-refractivity contribution in [3.05, 3.63) is 93.2 Å². The summed E-state index contributed by atoms with van der Waals surface area (Å²) in [6.07, 6.45) is 2.93. The lowest BCUT2D eigenvalue weighted by atomic mass is 9.83. The molecule has 3 aromatic rings. The molecule has 6 rings (SSSR count). The summed E-state index contributed by atoms with van der Waals surface area (Å²) in [7, 11) is 7.48. The molecule has 17 nitrogen and oxygen atoms in total. The number of esters is 1. The molecule has 4 heterocycles. The fourth-order valence-corrected chi connectivity index (χ4v) is 10.8. The van der Waals surface area contributed by atoms with Crippen molar-refractivity contribution in [2.24, 2.45) is 11.8 Å². The highest BCUT2D eigenvalue weighted by Crippen LogP contribution is 2.50. The maximum atomic E-state index is 14.7. The van der Waals surface area contributed by atoms with Gasteiger partial charge in [0.15, 0.2) is 5.72 Å². The Morgan fingerprint density at radius 1 is 1.17 bits per heavy atom. The highest BCUT2D eigenvalue weighted by atomic mass is 35.5. The molecule has 3 N–H and O–H groups in total. The van der Waals surface area contributed by atoms with Crippen LogP contribution in [0.1, 0.15) is 79.7 Å². The van der Waals surface area contributed by atoms with Crippen molar-refractivity contribution in [2.45, 2.75) is 126 Å². The monoisotopic (exact) mass is 1010 g/mol. The molecule has 7 atom stereocenters. The third kappa shape index (κ3) is 12.8. The molecule has 2 fully saturated rings. The van der Waals surface area contributed by atoms with Crippen LogP contribution in [0, 0.1) is 22.0 Å². The van der Waals surface area contributed by atoms with E-state index in [0.717, 1.165) is 11.1 Å². The first-order valence-electron chi connectivity index (χ1n) is 22.5. The second-order valence-corrected chi connectivity index (χ2v) is 22.0. The van der Waals surface area contributed by atoms with Gasteiger partial charge in [0, 0.05) is 49.3 Å². The largest absolute Gasteiger partial charge is 0.496 e. The average Bonchev–Trinajstić information content (AvgIpc) is 4.00. The van der Waals surface area contributed by atoms with Gasteiger partial charge in [0.05, 0.1) is 46.9 Å². The van der Waals surface area contributed by atoms with Crippen LogP contribution >= 0.6 is 33.2 Å². The molecular weight excluding hydrogens is 950 g/mol. The van der Waals surface area contributed by atoms with Gasteiger partial charge in [0.25, 0.3) is 5.69 Å². The summed E-state index contributed by atoms with van der Waals surface area (Å²) in [5, 5.41) is 29.1. The van der Waals surface area contributed by atoms with Crippen LogP contribution in [0.5, 0.6) is 5.75 Å². The molecule has 0 saturated carbocycles. The first-order chi connectivity index (χ1) is 32.5. The van der Waals surface area contributed by atoms with Gasteiger partial charge in [0.1, 0.15) is 40.9 Å². The fourth-order valence-electron chi connectivity index (χ4n) is 8.35. The molecule has 372 valence electrons. The smallest absolute Gasteiger partial charge is 0.409 e. The number of nitrogens with zero attached hydrogens (tertiary/aromatic N) is 3. The first-order valence-corrected chi connectivity index (χ1v) is 25.0. The number of pyridine rings is 1. The SMILES string of the molecule is COc1cc2cc(c1-c1ccc(NC(=O)CCC(C)(C)SSc3ccc([N+](=O)[O-])cn3)c(Cl)c1)N(C)C(=O)C[C@H](OC(=O)C(C)C)[C@]1(C)O[C@H]1[C@H](C)[C@@H]1C[C@@](O)(NC(=O)O1)[C@H](OC)/C=C/C=C(\C)C2. The normalized spacial score (nSPS) is 26.4. The van der Waals surface area contributed by atoms with E-state index in [4.69, 9.17) is 35.3 Å². The van der Waals surface area contributed by atoms with Gasteiger partial charge in [-0.1, -0.05) is 73.0 Å². The van der Waals surface area contributed by atoms with Crippen LogP contribution in [0.4, 0.5) is 21.9 Å². The number of allylic oxidation sites excluding steroid dienone is 3. The number of nitrogens with one attached hydrogen (secondary N) is 2. The predicted molar refractivity (Wildman–Crippen MR) is 265 cm³/mol. The molecular formula is C49H60ClN5O12S2. The van der Waals surface area contributed by atoms with Crippen LogP contribution in [-0.4, -0.2) is 101 Å². The number of ether oxygens (including phenoxy) is 5. The highest BCUT2D eigenvalue weighted by Gasteiger charge is 2.64. The van der Waals surface area contributed by atoms with E-state index in [1.807, 2.05) is 45.9 Å². The quantitative estimate of drug-likeness (QED) is 0.0477. The number of alkyl carbamates (subject to hydrolysis) is 1. The number of nitro groups is 1. The minimum absolute atomic E-state index is 0.0460. The topological polar surface area (TPSA) is 221 Å². The van der Waals surface area contributed by atoms with Gasteiger partial charge in [-0.05, 0) is 92.8 Å². The van der Waals surface area contributed by atoms with Crippen LogP contribution < -0.4 is 20.3 Å². The fraction of sp³-hybridized carbons (Fsp3) is 0.490. The van der Waals surface area contributed by atoms with Crippen LogP contribution in [0.15, 0.2) is 77.5 Å². The number of epoxide rings is 1. The number of aliphatic hydroxyl groups is 1. The van der Waals surface area contributed by atoms with Gasteiger partial charge in [-0.2, -0.15) is 0 Å². The van der Waals surface area contributed by atoms with Crippen LogP contribution in [0.2, 0.25) is 5.02 Å². The minimum atomic E-state index is -1.84. The Morgan fingerprint density at radius 3 is 2.55 bits per heavy atom. The van der Waals surface area contributed by atoms with Crippen molar-refractivity contribution in [2.75, 3.05) is 31.5 Å². The zero-order valence-electron chi connectivity index (χ0n) is 40.3. The Balaban J connectivity index is 1.30. The lowest BCUT2D eigenvalue weighted by Gasteiger charge is -2.42. The molecule has 2 aromatic carbocycles. The third-order valence-corrected chi connectivity index (χ3v) is 16.1. The highest BCUT2D eigenvalue weighted by molar-refractivity contribution is 8.77. The summed E-state index contributed by atoms with van der Waals surface area (Å²) >= 11 is 6.91. The number of amides is 3. The Hall–Kier alpha value is -5.18. The predicted octanol–water partition coefficient (Wildman–Crippen LogP) is 9.23. The van der Waals surface area contributed by atoms with Crippen molar-refractivity contribution >= 4 is 74.1 Å².